The standard InChI is InChI=1S/C17H27BrN4O/c1-5-13(6-2)10-20-17(19-4)21-11-16(23)22-15-9-14(18)8-7-12(15)3/h7-9,13H,5-6,10-11H2,1-4H3,(H,22,23)(H2,19,20,21). The van der Waals surface area contributed by atoms with Crippen molar-refractivity contribution in [3.8, 4) is 0 Å². The molecule has 5 nitrogen and oxygen atoms in total. The number of hydrogen-bond acceptors (Lipinski definition) is 2. The van der Waals surface area contributed by atoms with Crippen LogP contribution >= 0.6 is 15.9 Å². The zero-order chi connectivity index (χ0) is 17.2. The third kappa shape index (κ3) is 7.03. The van der Waals surface area contributed by atoms with Gasteiger partial charge in [-0.3, -0.25) is 9.79 Å². The fourth-order valence-electron chi connectivity index (χ4n) is 2.13. The lowest BCUT2D eigenvalue weighted by Crippen LogP contribution is -2.43. The number of aryl methyl sites for hydroxylation is 1. The molecule has 0 spiro atoms. The largest absolute Gasteiger partial charge is 0.356 e. The van der Waals surface area contributed by atoms with Crippen LogP contribution in [0.15, 0.2) is 27.7 Å². The van der Waals surface area contributed by atoms with E-state index in [1.54, 1.807) is 7.05 Å². The Kier molecular flexibility index (Phi) is 8.69. The number of nitrogens with one attached hydrogen (secondary N) is 3. The number of aliphatic imine (C=N–C) groups is 1. The minimum Gasteiger partial charge on any atom is -0.356 e. The van der Waals surface area contributed by atoms with Gasteiger partial charge in [0.15, 0.2) is 5.96 Å². The molecule has 0 aliphatic heterocycles. The monoisotopic (exact) mass is 382 g/mol. The normalized spacial score (nSPS) is 11.5. The number of benzene rings is 1. The summed E-state index contributed by atoms with van der Waals surface area (Å²) in [5, 5.41) is 9.21. The van der Waals surface area contributed by atoms with Gasteiger partial charge < -0.3 is 16.0 Å². The van der Waals surface area contributed by atoms with Gasteiger partial charge in [0, 0.05) is 23.8 Å². The lowest BCUT2D eigenvalue weighted by Gasteiger charge is -2.16. The summed E-state index contributed by atoms with van der Waals surface area (Å²) in [5.74, 6) is 1.17. The van der Waals surface area contributed by atoms with Crippen LogP contribution in [-0.2, 0) is 4.79 Å². The van der Waals surface area contributed by atoms with Crippen molar-refractivity contribution in [1.82, 2.24) is 10.6 Å². The Morgan fingerprint density at radius 3 is 2.57 bits per heavy atom. The molecule has 0 radical (unpaired) electrons. The second-order valence-electron chi connectivity index (χ2n) is 5.50. The number of hydrogen-bond donors (Lipinski definition) is 3. The zero-order valence-electron chi connectivity index (χ0n) is 14.4. The van der Waals surface area contributed by atoms with Crippen molar-refractivity contribution >= 4 is 33.5 Å². The third-order valence-corrected chi connectivity index (χ3v) is 4.32. The summed E-state index contributed by atoms with van der Waals surface area (Å²) in [6.07, 6.45) is 2.26. The molecule has 0 fully saturated rings. The highest BCUT2D eigenvalue weighted by Gasteiger charge is 2.08. The van der Waals surface area contributed by atoms with Gasteiger partial charge in [-0.2, -0.15) is 0 Å². The molecular weight excluding hydrogens is 356 g/mol. The molecule has 0 saturated heterocycles. The Hall–Kier alpha value is -1.56. The van der Waals surface area contributed by atoms with Crippen LogP contribution in [0.1, 0.15) is 32.3 Å². The van der Waals surface area contributed by atoms with Crippen LogP contribution < -0.4 is 16.0 Å². The van der Waals surface area contributed by atoms with E-state index in [4.69, 9.17) is 0 Å². The first-order chi connectivity index (χ1) is 11.0. The molecule has 0 aromatic heterocycles. The average Bonchev–Trinajstić information content (AvgIpc) is 2.54. The molecule has 1 aromatic rings. The molecule has 0 saturated carbocycles. The van der Waals surface area contributed by atoms with Crippen LogP contribution in [0.5, 0.6) is 0 Å². The van der Waals surface area contributed by atoms with E-state index in [0.29, 0.717) is 11.9 Å². The van der Waals surface area contributed by atoms with E-state index >= 15 is 0 Å². The van der Waals surface area contributed by atoms with E-state index < -0.39 is 0 Å². The molecule has 23 heavy (non-hydrogen) atoms. The molecule has 1 amide bonds. The van der Waals surface area contributed by atoms with E-state index in [0.717, 1.165) is 35.1 Å². The fourth-order valence-corrected chi connectivity index (χ4v) is 2.49. The maximum Gasteiger partial charge on any atom is 0.243 e. The third-order valence-electron chi connectivity index (χ3n) is 3.83. The van der Waals surface area contributed by atoms with Crippen molar-refractivity contribution in [3.05, 3.63) is 28.2 Å². The van der Waals surface area contributed by atoms with Gasteiger partial charge in [-0.1, -0.05) is 48.7 Å². The van der Waals surface area contributed by atoms with Gasteiger partial charge in [0.1, 0.15) is 0 Å². The second kappa shape index (κ2) is 10.3. The zero-order valence-corrected chi connectivity index (χ0v) is 16.0. The summed E-state index contributed by atoms with van der Waals surface area (Å²) in [7, 11) is 1.71. The molecule has 1 rings (SSSR count). The van der Waals surface area contributed by atoms with Crippen LogP contribution in [0.2, 0.25) is 0 Å². The first kappa shape index (κ1) is 19.5. The number of anilines is 1. The predicted molar refractivity (Wildman–Crippen MR) is 101 cm³/mol. The smallest absolute Gasteiger partial charge is 0.243 e. The number of amides is 1. The number of rotatable bonds is 7. The highest BCUT2D eigenvalue weighted by Crippen LogP contribution is 2.20. The van der Waals surface area contributed by atoms with Crippen molar-refractivity contribution in [2.75, 3.05) is 25.5 Å². The second-order valence-corrected chi connectivity index (χ2v) is 6.41. The van der Waals surface area contributed by atoms with Crippen molar-refractivity contribution in [1.29, 1.82) is 0 Å². The Bertz CT molecular complexity index is 541. The number of carbonyl (C=O) groups excluding carboxylic acids is 1. The van der Waals surface area contributed by atoms with Crippen LogP contribution in [0.25, 0.3) is 0 Å². The Balaban J connectivity index is 2.46. The highest BCUT2D eigenvalue weighted by atomic mass is 79.9. The molecule has 0 heterocycles. The summed E-state index contributed by atoms with van der Waals surface area (Å²) in [6, 6.07) is 5.81. The number of nitrogens with zero attached hydrogens (tertiary/aromatic N) is 1. The molecular formula is C17H27BrN4O. The van der Waals surface area contributed by atoms with Crippen molar-refractivity contribution in [2.45, 2.75) is 33.6 Å². The van der Waals surface area contributed by atoms with Crippen LogP contribution in [0, 0.1) is 12.8 Å². The molecule has 0 aliphatic carbocycles. The van der Waals surface area contributed by atoms with E-state index in [-0.39, 0.29) is 12.5 Å². The molecule has 1 aromatic carbocycles. The van der Waals surface area contributed by atoms with Crippen LogP contribution in [-0.4, -0.2) is 32.0 Å². The van der Waals surface area contributed by atoms with Gasteiger partial charge in [0.25, 0.3) is 0 Å². The first-order valence-corrected chi connectivity index (χ1v) is 8.79. The summed E-state index contributed by atoms with van der Waals surface area (Å²) < 4.78 is 0.939. The van der Waals surface area contributed by atoms with Gasteiger partial charge >= 0.3 is 0 Å². The predicted octanol–water partition coefficient (Wildman–Crippen LogP) is 3.30. The molecule has 0 aliphatic rings. The summed E-state index contributed by atoms with van der Waals surface area (Å²) >= 11 is 3.41. The number of halogens is 1. The first-order valence-electron chi connectivity index (χ1n) is 8.00. The lowest BCUT2D eigenvalue weighted by molar-refractivity contribution is -0.115. The minimum atomic E-state index is -0.100. The van der Waals surface area contributed by atoms with Crippen LogP contribution in [0.4, 0.5) is 5.69 Å². The van der Waals surface area contributed by atoms with E-state index in [9.17, 15) is 4.79 Å². The van der Waals surface area contributed by atoms with Gasteiger partial charge in [-0.25, -0.2) is 0 Å². The maximum absolute atomic E-state index is 12.1. The minimum absolute atomic E-state index is 0.100. The molecule has 0 atom stereocenters. The molecule has 128 valence electrons. The topological polar surface area (TPSA) is 65.5 Å². The quantitative estimate of drug-likeness (QED) is 0.500. The summed E-state index contributed by atoms with van der Waals surface area (Å²) in [5.41, 5.74) is 1.84. The Morgan fingerprint density at radius 1 is 1.26 bits per heavy atom. The average molecular weight is 383 g/mol. The van der Waals surface area contributed by atoms with Gasteiger partial charge in [-0.15, -0.1) is 0 Å². The SMILES string of the molecule is CCC(CC)CNC(=NC)NCC(=O)Nc1cc(Br)ccc1C. The van der Waals surface area contributed by atoms with Gasteiger partial charge in [-0.05, 0) is 30.5 Å². The molecule has 0 unspecified atom stereocenters. The Morgan fingerprint density at radius 2 is 1.96 bits per heavy atom. The van der Waals surface area contributed by atoms with Crippen molar-refractivity contribution in [2.24, 2.45) is 10.9 Å². The lowest BCUT2D eigenvalue weighted by atomic mass is 10.0. The maximum atomic E-state index is 12.1. The summed E-state index contributed by atoms with van der Waals surface area (Å²) in [6.45, 7) is 7.36. The van der Waals surface area contributed by atoms with Crippen LogP contribution in [0.3, 0.4) is 0 Å². The number of carbonyl (C=O) groups is 1. The summed E-state index contributed by atoms with van der Waals surface area (Å²) in [4.78, 5) is 16.2. The van der Waals surface area contributed by atoms with Gasteiger partial charge in [0.2, 0.25) is 5.91 Å². The van der Waals surface area contributed by atoms with E-state index in [2.05, 4.69) is 50.7 Å². The fraction of sp³-hybridized carbons (Fsp3) is 0.529. The molecule has 0 bridgehead atoms. The number of guanidine groups is 1. The van der Waals surface area contributed by atoms with E-state index in [1.807, 2.05) is 25.1 Å². The van der Waals surface area contributed by atoms with Crippen molar-refractivity contribution < 1.29 is 4.79 Å². The molecule has 3 N–H and O–H groups in total. The highest BCUT2D eigenvalue weighted by molar-refractivity contribution is 9.10. The Labute approximate surface area is 147 Å². The van der Waals surface area contributed by atoms with E-state index in [1.165, 1.54) is 0 Å². The molecule has 6 heteroatoms. The van der Waals surface area contributed by atoms with Crippen molar-refractivity contribution in [3.63, 3.8) is 0 Å². The van der Waals surface area contributed by atoms with Gasteiger partial charge in [0.05, 0.1) is 6.54 Å².